The van der Waals surface area contributed by atoms with E-state index in [4.69, 9.17) is 21.1 Å². The molecule has 3 aromatic rings. The minimum Gasteiger partial charge on any atom is -0.490 e. The lowest BCUT2D eigenvalue weighted by Crippen LogP contribution is -2.30. The molecule has 2 amide bonds. The average molecular weight is 510 g/mol. The third kappa shape index (κ3) is 6.20. The van der Waals surface area contributed by atoms with Crippen LogP contribution in [0.3, 0.4) is 0 Å². The van der Waals surface area contributed by atoms with E-state index in [0.717, 1.165) is 5.56 Å². The molecular weight excluding hydrogens is 485 g/mol. The summed E-state index contributed by atoms with van der Waals surface area (Å²) in [6.45, 7) is 2.81. The molecule has 0 unspecified atom stereocenters. The van der Waals surface area contributed by atoms with Gasteiger partial charge < -0.3 is 14.4 Å². The number of hydrazone groups is 1. The minimum atomic E-state index is -0.556. The van der Waals surface area contributed by atoms with Crippen LogP contribution >= 0.6 is 11.6 Å². The molecule has 1 atom stereocenters. The number of carbonyl (C=O) groups excluding carboxylic acids is 2. The molecule has 0 radical (unpaired) electrons. The van der Waals surface area contributed by atoms with Crippen LogP contribution in [0.2, 0.25) is 5.02 Å². The van der Waals surface area contributed by atoms with Crippen LogP contribution in [0.4, 0.5) is 10.1 Å². The maximum absolute atomic E-state index is 13.2. The van der Waals surface area contributed by atoms with E-state index in [1.807, 2.05) is 25.1 Å². The quantitative estimate of drug-likeness (QED) is 0.326. The Kier molecular flexibility index (Phi) is 8.17. The fraction of sp³-hybridized carbons (Fsp3) is 0.222. The maximum Gasteiger partial charge on any atom is 0.245 e. The third-order valence-electron chi connectivity index (χ3n) is 5.63. The monoisotopic (exact) mass is 509 g/mol. The molecule has 0 spiro atoms. The number of ether oxygens (including phenoxy) is 2. The number of nitrogens with one attached hydrogen (secondary N) is 1. The van der Waals surface area contributed by atoms with Crippen LogP contribution in [-0.4, -0.2) is 31.2 Å². The number of hydrogen-bond donors (Lipinski definition) is 1. The fourth-order valence-electron chi connectivity index (χ4n) is 3.78. The van der Waals surface area contributed by atoms with E-state index in [-0.39, 0.29) is 37.2 Å². The standard InChI is InChI=1S/C27H25ClFN3O4/c1-2-35-25-13-18(7-12-24(25)36-17-19-5-3-4-6-23(19)28)15-30-31-27(34)20-14-26(33)32(16-20)22-10-8-21(29)9-11-22/h3-13,15,20H,2,14,16-17H2,1H3,(H,31,34)/b30-15-/t20-/m0/s1. The first kappa shape index (κ1) is 25.2. The van der Waals surface area contributed by atoms with Crippen molar-refractivity contribution in [1.29, 1.82) is 0 Å². The second-order valence-corrected chi connectivity index (χ2v) is 8.54. The van der Waals surface area contributed by atoms with E-state index >= 15 is 0 Å². The van der Waals surface area contributed by atoms with Gasteiger partial charge in [-0.15, -0.1) is 0 Å². The van der Waals surface area contributed by atoms with Gasteiger partial charge in [0.1, 0.15) is 12.4 Å². The van der Waals surface area contributed by atoms with Crippen molar-refractivity contribution in [1.82, 2.24) is 5.43 Å². The van der Waals surface area contributed by atoms with Gasteiger partial charge in [0, 0.05) is 29.2 Å². The predicted molar refractivity (Wildman–Crippen MR) is 136 cm³/mol. The van der Waals surface area contributed by atoms with Crippen molar-refractivity contribution >= 4 is 35.3 Å². The number of rotatable bonds is 9. The lowest BCUT2D eigenvalue weighted by molar-refractivity contribution is -0.126. The summed E-state index contributed by atoms with van der Waals surface area (Å²) in [6.07, 6.45) is 1.55. The highest BCUT2D eigenvalue weighted by Crippen LogP contribution is 2.30. The number of benzene rings is 3. The third-order valence-corrected chi connectivity index (χ3v) is 6.00. The van der Waals surface area contributed by atoms with Gasteiger partial charge in [-0.3, -0.25) is 9.59 Å². The Bertz CT molecular complexity index is 1270. The van der Waals surface area contributed by atoms with Crippen LogP contribution < -0.4 is 19.8 Å². The van der Waals surface area contributed by atoms with Crippen LogP contribution in [0.5, 0.6) is 11.5 Å². The van der Waals surface area contributed by atoms with E-state index in [1.165, 1.54) is 35.4 Å². The van der Waals surface area contributed by atoms with Crippen LogP contribution in [0, 0.1) is 11.7 Å². The zero-order valence-electron chi connectivity index (χ0n) is 19.6. The average Bonchev–Trinajstić information content (AvgIpc) is 3.26. The second-order valence-electron chi connectivity index (χ2n) is 8.14. The van der Waals surface area contributed by atoms with Crippen molar-refractivity contribution in [3.05, 3.63) is 88.7 Å². The van der Waals surface area contributed by atoms with E-state index in [0.29, 0.717) is 34.4 Å². The number of carbonyl (C=O) groups is 2. The smallest absolute Gasteiger partial charge is 0.245 e. The Hall–Kier alpha value is -3.91. The zero-order valence-corrected chi connectivity index (χ0v) is 20.4. The van der Waals surface area contributed by atoms with E-state index < -0.39 is 5.92 Å². The van der Waals surface area contributed by atoms with E-state index in [9.17, 15) is 14.0 Å². The first-order valence-electron chi connectivity index (χ1n) is 11.5. The van der Waals surface area contributed by atoms with Crippen molar-refractivity contribution < 1.29 is 23.5 Å². The summed E-state index contributed by atoms with van der Waals surface area (Å²) in [5.41, 5.74) is 4.61. The highest BCUT2D eigenvalue weighted by atomic mass is 35.5. The van der Waals surface area contributed by atoms with Crippen LogP contribution in [-0.2, 0) is 16.2 Å². The molecule has 1 aliphatic rings. The number of halogens is 2. The van der Waals surface area contributed by atoms with Crippen molar-refractivity contribution in [3.8, 4) is 11.5 Å². The van der Waals surface area contributed by atoms with Crippen LogP contribution in [0.1, 0.15) is 24.5 Å². The topological polar surface area (TPSA) is 80.2 Å². The lowest BCUT2D eigenvalue weighted by atomic mass is 10.1. The summed E-state index contributed by atoms with van der Waals surface area (Å²) in [6, 6.07) is 18.4. The van der Waals surface area contributed by atoms with Gasteiger partial charge in [-0.25, -0.2) is 9.82 Å². The molecule has 9 heteroatoms. The molecule has 4 rings (SSSR count). The van der Waals surface area contributed by atoms with Crippen LogP contribution in [0.25, 0.3) is 0 Å². The lowest BCUT2D eigenvalue weighted by Gasteiger charge is -2.16. The molecule has 7 nitrogen and oxygen atoms in total. The minimum absolute atomic E-state index is 0.0602. The number of amides is 2. The van der Waals surface area contributed by atoms with Gasteiger partial charge in [0.25, 0.3) is 0 Å². The largest absolute Gasteiger partial charge is 0.490 e. The molecule has 1 heterocycles. The van der Waals surface area contributed by atoms with Gasteiger partial charge >= 0.3 is 0 Å². The van der Waals surface area contributed by atoms with Gasteiger partial charge in [0.2, 0.25) is 11.8 Å². The maximum atomic E-state index is 13.2. The van der Waals surface area contributed by atoms with Crippen molar-refractivity contribution in [2.24, 2.45) is 11.0 Å². The molecule has 36 heavy (non-hydrogen) atoms. The summed E-state index contributed by atoms with van der Waals surface area (Å²) >= 11 is 6.20. The zero-order chi connectivity index (χ0) is 25.5. The molecule has 1 aliphatic heterocycles. The summed E-state index contributed by atoms with van der Waals surface area (Å²) in [7, 11) is 0. The SMILES string of the molecule is CCOc1cc(/C=N\NC(=O)[C@H]2CC(=O)N(c3ccc(F)cc3)C2)ccc1OCc1ccccc1Cl. The molecule has 0 aliphatic carbocycles. The number of hydrogen-bond acceptors (Lipinski definition) is 5. The summed E-state index contributed by atoms with van der Waals surface area (Å²) in [5, 5.41) is 4.66. The molecule has 3 aromatic carbocycles. The Morgan fingerprint density at radius 2 is 1.92 bits per heavy atom. The van der Waals surface area contributed by atoms with Crippen molar-refractivity contribution in [2.75, 3.05) is 18.1 Å². The molecule has 186 valence electrons. The molecule has 1 saturated heterocycles. The Morgan fingerprint density at radius 1 is 1.14 bits per heavy atom. The Balaban J connectivity index is 1.36. The van der Waals surface area contributed by atoms with Gasteiger partial charge in [0.05, 0.1) is 18.7 Å². The van der Waals surface area contributed by atoms with Gasteiger partial charge in [-0.1, -0.05) is 29.8 Å². The first-order chi connectivity index (χ1) is 17.4. The van der Waals surface area contributed by atoms with Crippen molar-refractivity contribution in [3.63, 3.8) is 0 Å². The predicted octanol–water partition coefficient (Wildman–Crippen LogP) is 4.96. The molecule has 1 N–H and O–H groups in total. The molecule has 1 fully saturated rings. The highest BCUT2D eigenvalue weighted by molar-refractivity contribution is 6.31. The Labute approximate surface area is 213 Å². The highest BCUT2D eigenvalue weighted by Gasteiger charge is 2.35. The molecule has 0 saturated carbocycles. The van der Waals surface area contributed by atoms with E-state index in [2.05, 4.69) is 10.5 Å². The van der Waals surface area contributed by atoms with Crippen LogP contribution in [0.15, 0.2) is 71.8 Å². The normalized spacial score (nSPS) is 15.4. The summed E-state index contributed by atoms with van der Waals surface area (Å²) in [5.74, 6) is -0.408. The van der Waals surface area contributed by atoms with Gasteiger partial charge in [0.15, 0.2) is 11.5 Å². The summed E-state index contributed by atoms with van der Waals surface area (Å²) < 4.78 is 24.8. The number of nitrogens with zero attached hydrogens (tertiary/aromatic N) is 2. The molecular formula is C27H25ClFN3O4. The first-order valence-corrected chi connectivity index (χ1v) is 11.8. The van der Waals surface area contributed by atoms with Crippen molar-refractivity contribution in [2.45, 2.75) is 20.0 Å². The van der Waals surface area contributed by atoms with Gasteiger partial charge in [-0.05, 0) is 61.0 Å². The second kappa shape index (κ2) is 11.7. The summed E-state index contributed by atoms with van der Waals surface area (Å²) in [4.78, 5) is 26.4. The van der Waals surface area contributed by atoms with Gasteiger partial charge in [-0.2, -0.15) is 5.10 Å². The molecule has 0 aromatic heterocycles. The molecule has 0 bridgehead atoms. The number of anilines is 1. The van der Waals surface area contributed by atoms with E-state index in [1.54, 1.807) is 24.3 Å². The Morgan fingerprint density at radius 3 is 2.67 bits per heavy atom. The fourth-order valence-corrected chi connectivity index (χ4v) is 3.97.